The summed E-state index contributed by atoms with van der Waals surface area (Å²) in [6, 6.07) is 8.78. The van der Waals surface area contributed by atoms with Crippen molar-refractivity contribution in [3.05, 3.63) is 57.6 Å². The third-order valence-corrected chi connectivity index (χ3v) is 6.32. The number of nitrogens with two attached hydrogens (primary N) is 1. The molecule has 1 aliphatic rings. The standard InChI is InChI=1S/C25H31ClN2O6/c1-16-17(6-4-8-19(16)24(27)29)9-10-18-7-5-11-28(18)25(30)20-12-21(26)23(34-15-32-3)13-22(20)33-14-31-2/h4,6,8,12-13,18H,5,7,9-11,14-15H2,1-3H3,(H2,27,29). The van der Waals surface area contributed by atoms with E-state index in [9.17, 15) is 9.59 Å². The van der Waals surface area contributed by atoms with Crippen LogP contribution >= 0.6 is 11.6 Å². The zero-order valence-corrected chi connectivity index (χ0v) is 20.5. The summed E-state index contributed by atoms with van der Waals surface area (Å²) in [7, 11) is 3.01. The summed E-state index contributed by atoms with van der Waals surface area (Å²) in [6.07, 6.45) is 3.32. The number of halogens is 1. The van der Waals surface area contributed by atoms with Gasteiger partial charge in [0.15, 0.2) is 13.6 Å². The van der Waals surface area contributed by atoms with Crippen LogP contribution in [0.15, 0.2) is 30.3 Å². The van der Waals surface area contributed by atoms with Gasteiger partial charge in [-0.25, -0.2) is 0 Å². The lowest BCUT2D eigenvalue weighted by molar-refractivity contribution is 0.0448. The number of rotatable bonds is 11. The van der Waals surface area contributed by atoms with Crippen LogP contribution in [-0.4, -0.2) is 57.1 Å². The maximum absolute atomic E-state index is 13.6. The maximum atomic E-state index is 13.6. The number of carbonyl (C=O) groups is 2. The first-order valence-electron chi connectivity index (χ1n) is 11.1. The van der Waals surface area contributed by atoms with Crippen molar-refractivity contribution in [2.24, 2.45) is 5.73 Å². The molecule has 0 bridgehead atoms. The average Bonchev–Trinajstić information content (AvgIpc) is 3.29. The highest BCUT2D eigenvalue weighted by atomic mass is 35.5. The molecule has 1 saturated heterocycles. The second kappa shape index (κ2) is 12.1. The van der Waals surface area contributed by atoms with E-state index in [1.807, 2.05) is 24.0 Å². The van der Waals surface area contributed by atoms with Gasteiger partial charge in [0.25, 0.3) is 5.91 Å². The largest absolute Gasteiger partial charge is 0.467 e. The summed E-state index contributed by atoms with van der Waals surface area (Å²) in [5.74, 6) is 0.0961. The van der Waals surface area contributed by atoms with E-state index in [-0.39, 0.29) is 25.5 Å². The van der Waals surface area contributed by atoms with Crippen molar-refractivity contribution >= 4 is 23.4 Å². The average molecular weight is 491 g/mol. The lowest BCUT2D eigenvalue weighted by atomic mass is 9.96. The van der Waals surface area contributed by atoms with Crippen LogP contribution in [0.4, 0.5) is 0 Å². The molecule has 1 aliphatic heterocycles. The number of hydrogen-bond donors (Lipinski definition) is 1. The summed E-state index contributed by atoms with van der Waals surface area (Å²) >= 11 is 6.38. The van der Waals surface area contributed by atoms with Crippen molar-refractivity contribution in [3.63, 3.8) is 0 Å². The fourth-order valence-electron chi connectivity index (χ4n) is 4.28. The Hall–Kier alpha value is -2.81. The minimum absolute atomic E-state index is 0.0152. The Kier molecular flexibility index (Phi) is 9.15. The molecule has 8 nitrogen and oxygen atoms in total. The molecule has 0 radical (unpaired) electrons. The number of benzene rings is 2. The van der Waals surface area contributed by atoms with Crippen LogP contribution in [0.1, 0.15) is 51.1 Å². The topological polar surface area (TPSA) is 100 Å². The smallest absolute Gasteiger partial charge is 0.257 e. The molecule has 2 aromatic carbocycles. The highest BCUT2D eigenvalue weighted by molar-refractivity contribution is 6.32. The van der Waals surface area contributed by atoms with Gasteiger partial charge < -0.3 is 29.6 Å². The fraction of sp³-hybridized carbons (Fsp3) is 0.440. The van der Waals surface area contributed by atoms with E-state index in [4.69, 9.17) is 36.3 Å². The number of likely N-dealkylation sites (tertiary alicyclic amines) is 1. The van der Waals surface area contributed by atoms with Crippen LogP contribution in [0.5, 0.6) is 11.5 Å². The normalized spacial score (nSPS) is 15.4. The molecule has 0 aliphatic carbocycles. The van der Waals surface area contributed by atoms with E-state index >= 15 is 0 Å². The Balaban J connectivity index is 1.80. The van der Waals surface area contributed by atoms with Gasteiger partial charge in [0.05, 0.1) is 10.6 Å². The predicted octanol–water partition coefficient (Wildman–Crippen LogP) is 3.95. The summed E-state index contributed by atoms with van der Waals surface area (Å²) in [6.45, 7) is 2.54. The predicted molar refractivity (Wildman–Crippen MR) is 129 cm³/mol. The van der Waals surface area contributed by atoms with Crippen LogP contribution in [0.2, 0.25) is 5.02 Å². The van der Waals surface area contributed by atoms with Crippen LogP contribution in [-0.2, 0) is 15.9 Å². The lowest BCUT2D eigenvalue weighted by Crippen LogP contribution is -2.36. The van der Waals surface area contributed by atoms with Gasteiger partial charge in [0.1, 0.15) is 11.5 Å². The third-order valence-electron chi connectivity index (χ3n) is 6.03. The summed E-state index contributed by atoms with van der Waals surface area (Å²) < 4.78 is 21.1. The first-order chi connectivity index (χ1) is 16.4. The minimum atomic E-state index is -0.435. The van der Waals surface area contributed by atoms with Crippen LogP contribution < -0.4 is 15.2 Å². The van der Waals surface area contributed by atoms with Gasteiger partial charge in [0, 0.05) is 38.4 Å². The van der Waals surface area contributed by atoms with E-state index < -0.39 is 5.91 Å². The molecule has 34 heavy (non-hydrogen) atoms. The summed E-state index contributed by atoms with van der Waals surface area (Å²) in [5.41, 5.74) is 8.32. The van der Waals surface area contributed by atoms with Gasteiger partial charge >= 0.3 is 0 Å². The maximum Gasteiger partial charge on any atom is 0.257 e. The Bertz CT molecular complexity index is 1030. The molecule has 0 spiro atoms. The van der Waals surface area contributed by atoms with Crippen molar-refractivity contribution in [1.29, 1.82) is 0 Å². The molecule has 2 N–H and O–H groups in total. The Morgan fingerprint density at radius 2 is 1.79 bits per heavy atom. The quantitative estimate of drug-likeness (QED) is 0.479. The van der Waals surface area contributed by atoms with Gasteiger partial charge in [-0.15, -0.1) is 0 Å². The van der Waals surface area contributed by atoms with Crippen molar-refractivity contribution in [2.75, 3.05) is 34.4 Å². The first kappa shape index (κ1) is 25.8. The summed E-state index contributed by atoms with van der Waals surface area (Å²) in [4.78, 5) is 27.1. The second-order valence-electron chi connectivity index (χ2n) is 8.17. The zero-order valence-electron chi connectivity index (χ0n) is 19.8. The molecule has 2 amide bonds. The van der Waals surface area contributed by atoms with Crippen molar-refractivity contribution in [2.45, 2.75) is 38.6 Å². The highest BCUT2D eigenvalue weighted by Crippen LogP contribution is 2.35. The molecule has 184 valence electrons. The molecular formula is C25H31ClN2O6. The highest BCUT2D eigenvalue weighted by Gasteiger charge is 2.31. The molecule has 1 heterocycles. The van der Waals surface area contributed by atoms with E-state index in [0.717, 1.165) is 36.8 Å². The monoisotopic (exact) mass is 490 g/mol. The molecule has 9 heteroatoms. The van der Waals surface area contributed by atoms with Gasteiger partial charge in [-0.1, -0.05) is 23.7 Å². The number of carbonyl (C=O) groups excluding carboxylic acids is 2. The van der Waals surface area contributed by atoms with Crippen LogP contribution in [0.25, 0.3) is 0 Å². The number of hydrogen-bond acceptors (Lipinski definition) is 6. The van der Waals surface area contributed by atoms with Gasteiger partial charge in [0.2, 0.25) is 5.91 Å². The van der Waals surface area contributed by atoms with Crippen molar-refractivity contribution in [1.82, 2.24) is 4.90 Å². The third kappa shape index (κ3) is 6.00. The molecule has 0 aromatic heterocycles. The van der Waals surface area contributed by atoms with Gasteiger partial charge in [-0.05, 0) is 55.9 Å². The van der Waals surface area contributed by atoms with Crippen LogP contribution in [0, 0.1) is 6.92 Å². The number of ether oxygens (including phenoxy) is 4. The minimum Gasteiger partial charge on any atom is -0.467 e. The number of methoxy groups -OCH3 is 2. The Morgan fingerprint density at radius 3 is 2.47 bits per heavy atom. The van der Waals surface area contributed by atoms with Crippen LogP contribution in [0.3, 0.4) is 0 Å². The number of primary amides is 1. The van der Waals surface area contributed by atoms with Crippen molar-refractivity contribution in [3.8, 4) is 11.5 Å². The number of amides is 2. The second-order valence-corrected chi connectivity index (χ2v) is 8.57. The molecule has 1 unspecified atom stereocenters. The summed E-state index contributed by atoms with van der Waals surface area (Å²) in [5, 5.41) is 0.291. The molecule has 3 rings (SSSR count). The molecule has 2 aromatic rings. The first-order valence-corrected chi connectivity index (χ1v) is 11.5. The van der Waals surface area contributed by atoms with Crippen molar-refractivity contribution < 1.29 is 28.5 Å². The number of nitrogens with zero attached hydrogens (tertiary/aromatic N) is 1. The molecular weight excluding hydrogens is 460 g/mol. The van der Waals surface area contributed by atoms with E-state index in [0.29, 0.717) is 34.2 Å². The molecule has 1 atom stereocenters. The molecule has 0 saturated carbocycles. The lowest BCUT2D eigenvalue weighted by Gasteiger charge is -2.26. The molecule has 1 fully saturated rings. The van der Waals surface area contributed by atoms with Gasteiger partial charge in [-0.2, -0.15) is 0 Å². The van der Waals surface area contributed by atoms with E-state index in [2.05, 4.69) is 0 Å². The Morgan fingerprint density at radius 1 is 1.09 bits per heavy atom. The fourth-order valence-corrected chi connectivity index (χ4v) is 4.50. The van der Waals surface area contributed by atoms with Gasteiger partial charge in [-0.3, -0.25) is 9.59 Å². The number of aryl methyl sites for hydroxylation is 1. The zero-order chi connectivity index (χ0) is 24.7. The Labute approximate surface area is 204 Å². The van der Waals surface area contributed by atoms with E-state index in [1.165, 1.54) is 14.2 Å². The van der Waals surface area contributed by atoms with E-state index in [1.54, 1.807) is 18.2 Å². The SMILES string of the molecule is COCOc1cc(OCOC)c(C(=O)N2CCCC2CCc2cccc(C(N)=O)c2C)cc1Cl.